The SMILES string of the molecule is CN(C)CC1(O)CCCN(C(=O)c2cn3cc(Cl)cnc3n2)CC1. The maximum absolute atomic E-state index is 12.7. The first kappa shape index (κ1) is 17.1. The minimum absolute atomic E-state index is 0.134. The molecule has 130 valence electrons. The van der Waals surface area contributed by atoms with Gasteiger partial charge in [0, 0.05) is 32.0 Å². The number of aromatic nitrogens is 3. The lowest BCUT2D eigenvalue weighted by Gasteiger charge is -2.29. The van der Waals surface area contributed by atoms with Crippen molar-refractivity contribution in [2.75, 3.05) is 33.7 Å². The first-order valence-corrected chi connectivity index (χ1v) is 8.41. The Labute approximate surface area is 145 Å². The summed E-state index contributed by atoms with van der Waals surface area (Å²) in [5.41, 5.74) is -0.394. The number of halogens is 1. The van der Waals surface area contributed by atoms with E-state index in [-0.39, 0.29) is 5.91 Å². The van der Waals surface area contributed by atoms with Gasteiger partial charge >= 0.3 is 0 Å². The van der Waals surface area contributed by atoms with Crippen molar-refractivity contribution in [3.63, 3.8) is 0 Å². The fourth-order valence-corrected chi connectivity index (χ4v) is 3.41. The summed E-state index contributed by atoms with van der Waals surface area (Å²) < 4.78 is 1.65. The van der Waals surface area contributed by atoms with E-state index in [0.29, 0.717) is 49.0 Å². The molecule has 2 aromatic heterocycles. The van der Waals surface area contributed by atoms with E-state index < -0.39 is 5.60 Å². The van der Waals surface area contributed by atoms with Crippen LogP contribution in [0.5, 0.6) is 0 Å². The fourth-order valence-electron chi connectivity index (χ4n) is 3.25. The van der Waals surface area contributed by atoms with Crippen LogP contribution in [-0.4, -0.2) is 74.5 Å². The average Bonchev–Trinajstić information content (AvgIpc) is 2.82. The number of carbonyl (C=O) groups excluding carboxylic acids is 1. The molecular formula is C16H22ClN5O2. The Kier molecular flexibility index (Phi) is 4.76. The Balaban J connectivity index is 1.74. The van der Waals surface area contributed by atoms with Gasteiger partial charge < -0.3 is 14.9 Å². The van der Waals surface area contributed by atoms with Crippen LogP contribution in [-0.2, 0) is 0 Å². The second kappa shape index (κ2) is 6.66. The number of carbonyl (C=O) groups is 1. The highest BCUT2D eigenvalue weighted by Gasteiger charge is 2.32. The Hall–Kier alpha value is -1.70. The van der Waals surface area contributed by atoms with Crippen molar-refractivity contribution in [3.8, 4) is 0 Å². The molecule has 1 atom stereocenters. The number of nitrogens with zero attached hydrogens (tertiary/aromatic N) is 5. The van der Waals surface area contributed by atoms with Crippen molar-refractivity contribution in [2.24, 2.45) is 0 Å². The van der Waals surface area contributed by atoms with Gasteiger partial charge in [0.1, 0.15) is 5.69 Å². The van der Waals surface area contributed by atoms with Crippen LogP contribution in [0, 0.1) is 0 Å². The normalized spacial score (nSPS) is 22.1. The zero-order valence-corrected chi connectivity index (χ0v) is 14.7. The Morgan fingerprint density at radius 3 is 2.92 bits per heavy atom. The van der Waals surface area contributed by atoms with E-state index in [1.54, 1.807) is 21.7 Å². The Bertz CT molecular complexity index is 747. The van der Waals surface area contributed by atoms with Gasteiger partial charge in [-0.15, -0.1) is 0 Å². The Morgan fingerprint density at radius 2 is 2.17 bits per heavy atom. The molecule has 24 heavy (non-hydrogen) atoms. The predicted octanol–water partition coefficient (Wildman–Crippen LogP) is 1.30. The highest BCUT2D eigenvalue weighted by molar-refractivity contribution is 6.30. The molecule has 1 amide bonds. The molecule has 2 aromatic rings. The molecule has 7 nitrogen and oxygen atoms in total. The van der Waals surface area contributed by atoms with Crippen LogP contribution < -0.4 is 0 Å². The molecule has 8 heteroatoms. The summed E-state index contributed by atoms with van der Waals surface area (Å²) in [5, 5.41) is 11.2. The molecule has 3 rings (SSSR count). The summed E-state index contributed by atoms with van der Waals surface area (Å²) in [5.74, 6) is 0.312. The number of amides is 1. The Morgan fingerprint density at radius 1 is 1.38 bits per heavy atom. The van der Waals surface area contributed by atoms with E-state index in [9.17, 15) is 9.90 Å². The highest BCUT2D eigenvalue weighted by atomic mass is 35.5. The number of rotatable bonds is 3. The molecule has 1 saturated heterocycles. The molecule has 0 aliphatic carbocycles. The molecule has 1 fully saturated rings. The number of aliphatic hydroxyl groups is 1. The van der Waals surface area contributed by atoms with Gasteiger partial charge in [0.05, 0.1) is 16.8 Å². The van der Waals surface area contributed by atoms with Crippen molar-refractivity contribution in [2.45, 2.75) is 24.9 Å². The molecular weight excluding hydrogens is 330 g/mol. The van der Waals surface area contributed by atoms with Crippen LogP contribution >= 0.6 is 11.6 Å². The summed E-state index contributed by atoms with van der Waals surface area (Å²) in [4.78, 5) is 24.9. The third-order valence-electron chi connectivity index (χ3n) is 4.31. The van der Waals surface area contributed by atoms with Crippen LogP contribution in [0.4, 0.5) is 0 Å². The molecule has 0 spiro atoms. The third-order valence-corrected chi connectivity index (χ3v) is 4.51. The lowest BCUT2D eigenvalue weighted by atomic mass is 9.94. The highest BCUT2D eigenvalue weighted by Crippen LogP contribution is 2.24. The van der Waals surface area contributed by atoms with Gasteiger partial charge in [-0.3, -0.25) is 9.20 Å². The van der Waals surface area contributed by atoms with Gasteiger partial charge in [-0.2, -0.15) is 0 Å². The van der Waals surface area contributed by atoms with Gasteiger partial charge in [-0.05, 0) is 33.4 Å². The van der Waals surface area contributed by atoms with Crippen LogP contribution in [0.2, 0.25) is 5.02 Å². The summed E-state index contributed by atoms with van der Waals surface area (Å²) in [6.45, 7) is 1.74. The minimum atomic E-state index is -0.744. The first-order chi connectivity index (χ1) is 11.4. The monoisotopic (exact) mass is 351 g/mol. The quantitative estimate of drug-likeness (QED) is 0.902. The minimum Gasteiger partial charge on any atom is -0.388 e. The first-order valence-electron chi connectivity index (χ1n) is 8.03. The number of likely N-dealkylation sites (tertiary alicyclic amines) is 1. The van der Waals surface area contributed by atoms with E-state index in [1.165, 1.54) is 6.20 Å². The van der Waals surface area contributed by atoms with Gasteiger partial charge in [0.25, 0.3) is 5.91 Å². The van der Waals surface area contributed by atoms with Crippen LogP contribution in [0.1, 0.15) is 29.8 Å². The number of imidazole rings is 1. The number of hydrogen-bond donors (Lipinski definition) is 1. The topological polar surface area (TPSA) is 74.0 Å². The summed E-state index contributed by atoms with van der Waals surface area (Å²) in [7, 11) is 3.89. The van der Waals surface area contributed by atoms with Crippen molar-refractivity contribution in [1.29, 1.82) is 0 Å². The summed E-state index contributed by atoms with van der Waals surface area (Å²) >= 11 is 5.91. The smallest absolute Gasteiger partial charge is 0.274 e. The molecule has 1 N–H and O–H groups in total. The standard InChI is InChI=1S/C16H22ClN5O2/c1-20(2)11-16(24)4-3-6-21(7-5-16)14(23)13-10-22-9-12(17)8-18-15(22)19-13/h8-10,24H,3-7,11H2,1-2H3. The molecule has 3 heterocycles. The second-order valence-electron chi connectivity index (χ2n) is 6.71. The maximum Gasteiger partial charge on any atom is 0.274 e. The van der Waals surface area contributed by atoms with E-state index >= 15 is 0 Å². The van der Waals surface area contributed by atoms with Crippen LogP contribution in [0.3, 0.4) is 0 Å². The molecule has 1 aliphatic heterocycles. The largest absolute Gasteiger partial charge is 0.388 e. The fraction of sp³-hybridized carbons (Fsp3) is 0.562. The van der Waals surface area contributed by atoms with Crippen molar-refractivity contribution in [3.05, 3.63) is 29.3 Å². The van der Waals surface area contributed by atoms with E-state index in [4.69, 9.17) is 11.6 Å². The summed E-state index contributed by atoms with van der Waals surface area (Å²) in [6.07, 6.45) is 6.85. The molecule has 0 saturated carbocycles. The zero-order valence-electron chi connectivity index (χ0n) is 13.9. The number of hydrogen-bond acceptors (Lipinski definition) is 5. The molecule has 0 aromatic carbocycles. The molecule has 0 radical (unpaired) electrons. The van der Waals surface area contributed by atoms with Crippen LogP contribution in [0.15, 0.2) is 18.6 Å². The van der Waals surface area contributed by atoms with Gasteiger partial charge in [-0.25, -0.2) is 9.97 Å². The second-order valence-corrected chi connectivity index (χ2v) is 7.15. The van der Waals surface area contributed by atoms with E-state index in [0.717, 1.165) is 6.42 Å². The zero-order chi connectivity index (χ0) is 17.3. The molecule has 1 aliphatic rings. The van der Waals surface area contributed by atoms with Gasteiger partial charge in [0.15, 0.2) is 0 Å². The van der Waals surface area contributed by atoms with Crippen LogP contribution in [0.25, 0.3) is 5.78 Å². The van der Waals surface area contributed by atoms with E-state index in [2.05, 4.69) is 9.97 Å². The average molecular weight is 352 g/mol. The number of likely N-dealkylation sites (N-methyl/N-ethyl adjacent to an activating group) is 1. The van der Waals surface area contributed by atoms with Gasteiger partial charge in [0.2, 0.25) is 5.78 Å². The van der Waals surface area contributed by atoms with Crippen molar-refractivity contribution < 1.29 is 9.90 Å². The lowest BCUT2D eigenvalue weighted by molar-refractivity contribution is 0.00303. The van der Waals surface area contributed by atoms with Gasteiger partial charge in [-0.1, -0.05) is 11.6 Å². The lowest BCUT2D eigenvalue weighted by Crippen LogP contribution is -2.41. The van der Waals surface area contributed by atoms with Crippen molar-refractivity contribution in [1.82, 2.24) is 24.2 Å². The molecule has 1 unspecified atom stereocenters. The maximum atomic E-state index is 12.7. The third kappa shape index (κ3) is 3.68. The predicted molar refractivity (Wildman–Crippen MR) is 91.3 cm³/mol. The summed E-state index contributed by atoms with van der Waals surface area (Å²) in [6, 6.07) is 0. The van der Waals surface area contributed by atoms with E-state index in [1.807, 2.05) is 19.0 Å². The van der Waals surface area contributed by atoms with Crippen molar-refractivity contribution >= 4 is 23.3 Å². The number of fused-ring (bicyclic) bond motifs is 1. The molecule has 0 bridgehead atoms.